The Hall–Kier alpha value is -2.44. The first-order valence-corrected chi connectivity index (χ1v) is 6.26. The Labute approximate surface area is 123 Å². The number of methoxy groups -OCH3 is 2. The minimum Gasteiger partial charge on any atom is -0.493 e. The molecule has 0 aliphatic carbocycles. The fourth-order valence-electron chi connectivity index (χ4n) is 1.65. The Balaban J connectivity index is 3.15. The molecule has 0 bridgehead atoms. The lowest BCUT2D eigenvalue weighted by molar-refractivity contribution is 0.0697. The number of carbonyl (C=O) groups is 2. The van der Waals surface area contributed by atoms with E-state index in [0.717, 1.165) is 0 Å². The number of urea groups is 1. The van der Waals surface area contributed by atoms with Gasteiger partial charge in [-0.2, -0.15) is 0 Å². The Morgan fingerprint density at radius 3 is 2.05 bits per heavy atom. The van der Waals surface area contributed by atoms with Crippen LogP contribution >= 0.6 is 0 Å². The van der Waals surface area contributed by atoms with Crippen LogP contribution in [0.3, 0.4) is 0 Å². The highest BCUT2D eigenvalue weighted by Crippen LogP contribution is 2.33. The van der Waals surface area contributed by atoms with Crippen molar-refractivity contribution in [1.29, 1.82) is 0 Å². The van der Waals surface area contributed by atoms with Crippen LogP contribution < -0.4 is 20.1 Å². The first kappa shape index (κ1) is 16.6. The van der Waals surface area contributed by atoms with E-state index in [-0.39, 0.29) is 17.0 Å². The number of carboxylic acid groups (broad SMARTS) is 1. The predicted molar refractivity (Wildman–Crippen MR) is 78.4 cm³/mol. The molecule has 0 unspecified atom stereocenters. The third-order valence-electron chi connectivity index (χ3n) is 2.49. The SMILES string of the molecule is COc1cc(NC(=O)NC(C)(C)C)c(C(=O)O)cc1OC. The van der Waals surface area contributed by atoms with Crippen molar-refractivity contribution >= 4 is 17.7 Å². The summed E-state index contributed by atoms with van der Waals surface area (Å²) in [7, 11) is 2.83. The molecule has 21 heavy (non-hydrogen) atoms. The van der Waals surface area contributed by atoms with Crippen LogP contribution in [0.1, 0.15) is 31.1 Å². The zero-order valence-electron chi connectivity index (χ0n) is 12.7. The second kappa shape index (κ2) is 6.34. The van der Waals surface area contributed by atoms with Gasteiger partial charge in [-0.3, -0.25) is 0 Å². The highest BCUT2D eigenvalue weighted by atomic mass is 16.5. The van der Waals surface area contributed by atoms with Crippen LogP contribution in [0.25, 0.3) is 0 Å². The summed E-state index contributed by atoms with van der Waals surface area (Å²) in [6.45, 7) is 5.46. The molecule has 0 aliphatic rings. The molecule has 116 valence electrons. The van der Waals surface area contributed by atoms with Crippen molar-refractivity contribution in [3.8, 4) is 11.5 Å². The molecule has 1 aromatic carbocycles. The van der Waals surface area contributed by atoms with E-state index in [0.29, 0.717) is 5.75 Å². The van der Waals surface area contributed by atoms with Gasteiger partial charge >= 0.3 is 12.0 Å². The molecule has 0 fully saturated rings. The van der Waals surface area contributed by atoms with Gasteiger partial charge in [0.2, 0.25) is 0 Å². The normalized spacial score (nSPS) is 10.7. The molecule has 0 spiro atoms. The molecule has 3 N–H and O–H groups in total. The van der Waals surface area contributed by atoms with Gasteiger partial charge in [-0.1, -0.05) is 0 Å². The number of hydrogen-bond donors (Lipinski definition) is 3. The van der Waals surface area contributed by atoms with Gasteiger partial charge < -0.3 is 25.2 Å². The van der Waals surface area contributed by atoms with E-state index in [1.165, 1.54) is 26.4 Å². The number of aromatic carboxylic acids is 1. The van der Waals surface area contributed by atoms with Gasteiger partial charge in [-0.25, -0.2) is 9.59 Å². The predicted octanol–water partition coefficient (Wildman–Crippen LogP) is 2.32. The first-order valence-electron chi connectivity index (χ1n) is 6.26. The summed E-state index contributed by atoms with van der Waals surface area (Å²) < 4.78 is 10.2. The van der Waals surface area contributed by atoms with Crippen LogP contribution in [0, 0.1) is 0 Å². The molecular formula is C14H20N2O5. The zero-order chi connectivity index (χ0) is 16.2. The second-order valence-electron chi connectivity index (χ2n) is 5.39. The molecule has 1 aromatic rings. The summed E-state index contributed by atoms with van der Waals surface area (Å²) in [5, 5.41) is 14.4. The van der Waals surface area contributed by atoms with Gasteiger partial charge in [-0.05, 0) is 20.8 Å². The number of ether oxygens (including phenoxy) is 2. The largest absolute Gasteiger partial charge is 0.493 e. The Bertz CT molecular complexity index is 549. The Morgan fingerprint density at radius 2 is 1.62 bits per heavy atom. The molecule has 0 heterocycles. The molecule has 0 saturated heterocycles. The summed E-state index contributed by atoms with van der Waals surface area (Å²) in [5.41, 5.74) is -0.400. The number of nitrogens with one attached hydrogen (secondary N) is 2. The fraction of sp³-hybridized carbons (Fsp3) is 0.429. The van der Waals surface area contributed by atoms with Gasteiger partial charge in [0.25, 0.3) is 0 Å². The molecule has 0 aromatic heterocycles. The summed E-state index contributed by atoms with van der Waals surface area (Å²) in [4.78, 5) is 23.2. The maximum Gasteiger partial charge on any atom is 0.337 e. The summed E-state index contributed by atoms with van der Waals surface area (Å²) in [6.07, 6.45) is 0. The third kappa shape index (κ3) is 4.55. The number of rotatable bonds is 4. The fourth-order valence-corrected chi connectivity index (χ4v) is 1.65. The summed E-state index contributed by atoms with van der Waals surface area (Å²) in [5.74, 6) is -0.577. The molecule has 2 amide bonds. The molecule has 7 heteroatoms. The highest BCUT2D eigenvalue weighted by molar-refractivity contribution is 6.01. The summed E-state index contributed by atoms with van der Waals surface area (Å²) in [6, 6.07) is 2.20. The minimum atomic E-state index is -1.18. The molecule has 0 radical (unpaired) electrons. The van der Waals surface area contributed by atoms with Crippen LogP contribution in [-0.4, -0.2) is 36.9 Å². The number of benzene rings is 1. The molecule has 7 nitrogen and oxygen atoms in total. The smallest absolute Gasteiger partial charge is 0.337 e. The quantitative estimate of drug-likeness (QED) is 0.792. The van der Waals surface area contributed by atoms with Gasteiger partial charge in [0.05, 0.1) is 25.5 Å². The molecular weight excluding hydrogens is 276 g/mol. The van der Waals surface area contributed by atoms with Gasteiger partial charge in [-0.15, -0.1) is 0 Å². The van der Waals surface area contributed by atoms with Crippen molar-refractivity contribution in [2.75, 3.05) is 19.5 Å². The maximum absolute atomic E-state index is 11.9. The topological polar surface area (TPSA) is 96.9 Å². The van der Waals surface area contributed by atoms with Crippen molar-refractivity contribution in [2.45, 2.75) is 26.3 Å². The standard InChI is InChI=1S/C14H20N2O5/c1-14(2,3)16-13(19)15-9-7-11(21-5)10(20-4)6-8(9)12(17)18/h6-7H,1-5H3,(H,17,18)(H2,15,16,19). The van der Waals surface area contributed by atoms with Crippen LogP contribution in [0.15, 0.2) is 12.1 Å². The first-order chi connectivity index (χ1) is 9.67. The van der Waals surface area contributed by atoms with E-state index in [4.69, 9.17) is 9.47 Å². The van der Waals surface area contributed by atoms with Gasteiger partial charge in [0.15, 0.2) is 11.5 Å². The summed E-state index contributed by atoms with van der Waals surface area (Å²) >= 11 is 0. The lowest BCUT2D eigenvalue weighted by Gasteiger charge is -2.21. The lowest BCUT2D eigenvalue weighted by atomic mass is 10.1. The molecule has 0 aliphatic heterocycles. The highest BCUT2D eigenvalue weighted by Gasteiger charge is 2.19. The maximum atomic E-state index is 11.9. The molecule has 0 saturated carbocycles. The van der Waals surface area contributed by atoms with E-state index >= 15 is 0 Å². The van der Waals surface area contributed by atoms with E-state index < -0.39 is 17.5 Å². The molecule has 1 rings (SSSR count). The van der Waals surface area contributed by atoms with E-state index in [1.54, 1.807) is 0 Å². The minimum absolute atomic E-state index is 0.0864. The number of anilines is 1. The molecule has 0 atom stereocenters. The van der Waals surface area contributed by atoms with Gasteiger partial charge in [0, 0.05) is 17.7 Å². The third-order valence-corrected chi connectivity index (χ3v) is 2.49. The van der Waals surface area contributed by atoms with Crippen molar-refractivity contribution < 1.29 is 24.2 Å². The van der Waals surface area contributed by atoms with E-state index in [2.05, 4.69) is 10.6 Å². The van der Waals surface area contributed by atoms with Crippen LogP contribution in [0.2, 0.25) is 0 Å². The van der Waals surface area contributed by atoms with Crippen molar-refractivity contribution in [2.24, 2.45) is 0 Å². The Kier molecular flexibility index (Phi) is 5.02. The Morgan fingerprint density at radius 1 is 1.10 bits per heavy atom. The monoisotopic (exact) mass is 296 g/mol. The number of carbonyl (C=O) groups excluding carboxylic acids is 1. The average Bonchev–Trinajstić information content (AvgIpc) is 2.35. The second-order valence-corrected chi connectivity index (χ2v) is 5.39. The lowest BCUT2D eigenvalue weighted by Crippen LogP contribution is -2.43. The zero-order valence-corrected chi connectivity index (χ0v) is 12.7. The van der Waals surface area contributed by atoms with E-state index in [9.17, 15) is 14.7 Å². The number of hydrogen-bond acceptors (Lipinski definition) is 4. The van der Waals surface area contributed by atoms with E-state index in [1.807, 2.05) is 20.8 Å². The van der Waals surface area contributed by atoms with Crippen molar-refractivity contribution in [3.63, 3.8) is 0 Å². The van der Waals surface area contributed by atoms with Crippen molar-refractivity contribution in [3.05, 3.63) is 17.7 Å². The number of amides is 2. The van der Waals surface area contributed by atoms with Crippen LogP contribution in [-0.2, 0) is 0 Å². The average molecular weight is 296 g/mol. The van der Waals surface area contributed by atoms with Gasteiger partial charge in [0.1, 0.15) is 0 Å². The van der Waals surface area contributed by atoms with Crippen molar-refractivity contribution in [1.82, 2.24) is 5.32 Å². The number of carboxylic acids is 1. The van der Waals surface area contributed by atoms with Crippen LogP contribution in [0.4, 0.5) is 10.5 Å². The van der Waals surface area contributed by atoms with Crippen LogP contribution in [0.5, 0.6) is 11.5 Å².